The number of aryl methyl sites for hydroxylation is 2. The molecule has 3 nitrogen and oxygen atoms in total. The van der Waals surface area contributed by atoms with E-state index in [2.05, 4.69) is 33.0 Å². The first-order valence-corrected chi connectivity index (χ1v) is 6.71. The Hall–Kier alpha value is -1.07. The largest absolute Gasteiger partial charge is 0.496 e. The van der Waals surface area contributed by atoms with Crippen molar-refractivity contribution in [2.45, 2.75) is 13.8 Å². The van der Waals surface area contributed by atoms with Gasteiger partial charge in [-0.25, -0.2) is 4.98 Å². The molecule has 1 heterocycles. The number of rotatable bonds is 2. The van der Waals surface area contributed by atoms with Gasteiger partial charge in [0.15, 0.2) is 0 Å². The van der Waals surface area contributed by atoms with Crippen LogP contribution in [0.5, 0.6) is 5.75 Å². The molecule has 0 fully saturated rings. The third kappa shape index (κ3) is 2.30. The molecule has 0 aliphatic rings. The topological polar surface area (TPSA) is 48.1 Å². The zero-order valence-corrected chi connectivity index (χ0v) is 12.3. The van der Waals surface area contributed by atoms with Gasteiger partial charge in [0.25, 0.3) is 0 Å². The van der Waals surface area contributed by atoms with Crippen LogP contribution in [0.2, 0.25) is 0 Å². The molecule has 17 heavy (non-hydrogen) atoms. The molecule has 0 bridgehead atoms. The summed E-state index contributed by atoms with van der Waals surface area (Å²) in [4.78, 5) is 4.33. The van der Waals surface area contributed by atoms with Crippen molar-refractivity contribution in [3.8, 4) is 16.3 Å². The molecule has 0 atom stereocenters. The van der Waals surface area contributed by atoms with Gasteiger partial charge in [-0.1, -0.05) is 0 Å². The van der Waals surface area contributed by atoms with Crippen LogP contribution in [0.3, 0.4) is 0 Å². The minimum absolute atomic E-state index is 0.538. The molecule has 0 aliphatic heterocycles. The number of nitrogen functional groups attached to an aromatic ring is 1. The molecule has 1 aromatic carbocycles. The van der Waals surface area contributed by atoms with Crippen molar-refractivity contribution in [3.63, 3.8) is 0 Å². The first kappa shape index (κ1) is 12.4. The number of thiazole rings is 1. The molecular weight excluding hydrogens is 300 g/mol. The number of hydrogen-bond acceptors (Lipinski definition) is 4. The van der Waals surface area contributed by atoms with Crippen molar-refractivity contribution >= 4 is 33.1 Å². The summed E-state index contributed by atoms with van der Waals surface area (Å²) in [7, 11) is 1.69. The van der Waals surface area contributed by atoms with Gasteiger partial charge in [0.1, 0.15) is 20.4 Å². The van der Waals surface area contributed by atoms with Crippen molar-refractivity contribution in [1.82, 2.24) is 4.98 Å². The number of nitrogens with zero attached hydrogens (tertiary/aromatic N) is 1. The van der Waals surface area contributed by atoms with E-state index in [0.29, 0.717) is 5.82 Å². The van der Waals surface area contributed by atoms with Crippen LogP contribution >= 0.6 is 27.3 Å². The van der Waals surface area contributed by atoms with Crippen LogP contribution in [-0.4, -0.2) is 12.1 Å². The highest BCUT2D eigenvalue weighted by molar-refractivity contribution is 9.11. The van der Waals surface area contributed by atoms with Crippen LogP contribution < -0.4 is 10.5 Å². The number of ether oxygens (including phenoxy) is 1. The Bertz CT molecular complexity index is 523. The Morgan fingerprint density at radius 1 is 1.29 bits per heavy atom. The molecule has 5 heteroatoms. The normalized spacial score (nSPS) is 10.6. The average Bonchev–Trinajstić information content (AvgIpc) is 2.59. The number of anilines is 1. The Labute approximate surface area is 113 Å². The zero-order valence-electron chi connectivity index (χ0n) is 9.87. The standard InChI is InChI=1S/C12H13BrN2OS/c1-6-4-8(5-7(2)9(6)16-3)12-15-11(14)10(13)17-12/h4-5H,14H2,1-3H3. The SMILES string of the molecule is COc1c(C)cc(-c2nc(N)c(Br)s2)cc1C. The van der Waals surface area contributed by atoms with E-state index in [9.17, 15) is 0 Å². The summed E-state index contributed by atoms with van der Waals surface area (Å²) < 4.78 is 6.22. The molecule has 0 saturated carbocycles. The maximum Gasteiger partial charge on any atom is 0.149 e. The second-order valence-corrected chi connectivity index (χ2v) is 6.14. The number of halogens is 1. The lowest BCUT2D eigenvalue weighted by molar-refractivity contribution is 0.408. The number of nitrogens with two attached hydrogens (primary N) is 1. The lowest BCUT2D eigenvalue weighted by Gasteiger charge is -2.09. The van der Waals surface area contributed by atoms with E-state index in [0.717, 1.165) is 31.2 Å². The second kappa shape index (κ2) is 4.66. The van der Waals surface area contributed by atoms with Gasteiger partial charge < -0.3 is 10.5 Å². The fourth-order valence-corrected chi connectivity index (χ4v) is 3.08. The van der Waals surface area contributed by atoms with E-state index in [1.807, 2.05) is 13.8 Å². The highest BCUT2D eigenvalue weighted by atomic mass is 79.9. The van der Waals surface area contributed by atoms with E-state index in [1.165, 1.54) is 11.3 Å². The van der Waals surface area contributed by atoms with E-state index in [-0.39, 0.29) is 0 Å². The maximum absolute atomic E-state index is 5.74. The van der Waals surface area contributed by atoms with E-state index < -0.39 is 0 Å². The lowest BCUT2D eigenvalue weighted by atomic mass is 10.1. The Morgan fingerprint density at radius 3 is 2.29 bits per heavy atom. The first-order chi connectivity index (χ1) is 8.02. The van der Waals surface area contributed by atoms with Crippen molar-refractivity contribution in [3.05, 3.63) is 27.0 Å². The van der Waals surface area contributed by atoms with E-state index >= 15 is 0 Å². The summed E-state index contributed by atoms with van der Waals surface area (Å²) in [5.41, 5.74) is 9.02. The Morgan fingerprint density at radius 2 is 1.88 bits per heavy atom. The predicted molar refractivity (Wildman–Crippen MR) is 75.7 cm³/mol. The molecule has 0 amide bonds. The van der Waals surface area contributed by atoms with Crippen LogP contribution in [0.15, 0.2) is 15.9 Å². The highest BCUT2D eigenvalue weighted by Gasteiger charge is 2.11. The van der Waals surface area contributed by atoms with Crippen LogP contribution in [0, 0.1) is 13.8 Å². The third-order valence-electron chi connectivity index (χ3n) is 2.52. The first-order valence-electron chi connectivity index (χ1n) is 5.10. The monoisotopic (exact) mass is 312 g/mol. The molecule has 90 valence electrons. The van der Waals surface area contributed by atoms with Crippen LogP contribution in [0.1, 0.15) is 11.1 Å². The van der Waals surface area contributed by atoms with Crippen molar-refractivity contribution in [2.24, 2.45) is 0 Å². The number of methoxy groups -OCH3 is 1. The molecule has 0 radical (unpaired) electrons. The van der Waals surface area contributed by atoms with Gasteiger partial charge in [0.05, 0.1) is 7.11 Å². The quantitative estimate of drug-likeness (QED) is 0.918. The van der Waals surface area contributed by atoms with Crippen molar-refractivity contribution < 1.29 is 4.74 Å². The number of aromatic nitrogens is 1. The molecule has 2 aromatic rings. The average molecular weight is 313 g/mol. The molecule has 0 spiro atoms. The Kier molecular flexibility index (Phi) is 3.40. The predicted octanol–water partition coefficient (Wildman–Crippen LogP) is 3.78. The highest BCUT2D eigenvalue weighted by Crippen LogP contribution is 2.36. The van der Waals surface area contributed by atoms with E-state index in [4.69, 9.17) is 10.5 Å². The fraction of sp³-hybridized carbons (Fsp3) is 0.250. The van der Waals surface area contributed by atoms with Gasteiger partial charge in [-0.05, 0) is 53.0 Å². The molecule has 0 aliphatic carbocycles. The molecule has 0 saturated heterocycles. The summed E-state index contributed by atoms with van der Waals surface area (Å²) in [6.45, 7) is 4.06. The molecule has 2 N–H and O–H groups in total. The molecule has 1 aromatic heterocycles. The minimum Gasteiger partial charge on any atom is -0.496 e. The summed E-state index contributed by atoms with van der Waals surface area (Å²) in [5.74, 6) is 1.47. The van der Waals surface area contributed by atoms with Crippen molar-refractivity contribution in [2.75, 3.05) is 12.8 Å². The fourth-order valence-electron chi connectivity index (χ4n) is 1.83. The van der Waals surface area contributed by atoms with Crippen molar-refractivity contribution in [1.29, 1.82) is 0 Å². The summed E-state index contributed by atoms with van der Waals surface area (Å²) >= 11 is 4.92. The van der Waals surface area contributed by atoms with Crippen LogP contribution in [-0.2, 0) is 0 Å². The molecule has 0 unspecified atom stereocenters. The van der Waals surface area contributed by atoms with E-state index in [1.54, 1.807) is 7.11 Å². The number of benzene rings is 1. The molecule has 2 rings (SSSR count). The smallest absolute Gasteiger partial charge is 0.149 e. The number of hydrogen-bond donors (Lipinski definition) is 1. The van der Waals surface area contributed by atoms with Gasteiger partial charge >= 0.3 is 0 Å². The van der Waals surface area contributed by atoms with Gasteiger partial charge in [-0.2, -0.15) is 0 Å². The maximum atomic E-state index is 5.74. The second-order valence-electron chi connectivity index (χ2n) is 3.82. The lowest BCUT2D eigenvalue weighted by Crippen LogP contribution is -1.92. The third-order valence-corrected chi connectivity index (χ3v) is 4.32. The van der Waals surface area contributed by atoms with Gasteiger partial charge in [0, 0.05) is 5.56 Å². The summed E-state index contributed by atoms with van der Waals surface area (Å²) in [5, 5.41) is 0.920. The van der Waals surface area contributed by atoms with Gasteiger partial charge in [-0.3, -0.25) is 0 Å². The van der Waals surface area contributed by atoms with Gasteiger partial charge in [0.2, 0.25) is 0 Å². The Balaban J connectivity index is 2.54. The summed E-state index contributed by atoms with van der Waals surface area (Å²) in [6, 6.07) is 4.13. The van der Waals surface area contributed by atoms with Gasteiger partial charge in [-0.15, -0.1) is 11.3 Å². The van der Waals surface area contributed by atoms with Crippen LogP contribution in [0.25, 0.3) is 10.6 Å². The van der Waals surface area contributed by atoms with Crippen LogP contribution in [0.4, 0.5) is 5.82 Å². The zero-order chi connectivity index (χ0) is 12.6. The minimum atomic E-state index is 0.538. The summed E-state index contributed by atoms with van der Waals surface area (Å²) in [6.07, 6.45) is 0. The molecular formula is C12H13BrN2OS.